The van der Waals surface area contributed by atoms with E-state index in [1.165, 1.54) is 6.07 Å². The predicted octanol–water partition coefficient (Wildman–Crippen LogP) is 2.22. The molecule has 0 bridgehead atoms. The first kappa shape index (κ1) is 13.1. The van der Waals surface area contributed by atoms with Crippen molar-refractivity contribution in [1.29, 1.82) is 0 Å². The van der Waals surface area contributed by atoms with E-state index in [2.05, 4.69) is 4.72 Å². The van der Waals surface area contributed by atoms with Gasteiger partial charge < -0.3 is 0 Å². The molecule has 0 heterocycles. The summed E-state index contributed by atoms with van der Waals surface area (Å²) in [6, 6.07) is 5.61. The van der Waals surface area contributed by atoms with Crippen LogP contribution < -0.4 is 4.72 Å². The van der Waals surface area contributed by atoms with Gasteiger partial charge in [0.25, 0.3) is 0 Å². The zero-order valence-corrected chi connectivity index (χ0v) is 10.2. The lowest BCUT2D eigenvalue weighted by Gasteiger charge is -2.14. The van der Waals surface area contributed by atoms with Gasteiger partial charge in [-0.25, -0.2) is 17.5 Å². The fraction of sp³-hybridized carbons (Fsp3) is 0.455. The van der Waals surface area contributed by atoms with Gasteiger partial charge >= 0.3 is 0 Å². The fourth-order valence-electron chi connectivity index (χ4n) is 1.49. The fourth-order valence-corrected chi connectivity index (χ4v) is 2.81. The number of nitrogens with one attached hydrogen (secondary N) is 1. The van der Waals surface area contributed by atoms with Crippen molar-refractivity contribution in [2.75, 3.05) is 5.75 Å². The molecule has 1 N–H and O–H groups in total. The first-order valence-electron chi connectivity index (χ1n) is 5.20. The largest absolute Gasteiger partial charge is 0.212 e. The quantitative estimate of drug-likeness (QED) is 0.864. The molecule has 0 saturated carbocycles. The van der Waals surface area contributed by atoms with Gasteiger partial charge in [0.05, 0.1) is 5.75 Å². The molecule has 3 nitrogen and oxygen atoms in total. The minimum absolute atomic E-state index is 0.0613. The lowest BCUT2D eigenvalue weighted by Crippen LogP contribution is -2.29. The molecule has 0 aliphatic carbocycles. The highest BCUT2D eigenvalue weighted by Crippen LogP contribution is 2.16. The highest BCUT2D eigenvalue weighted by molar-refractivity contribution is 7.89. The normalized spacial score (nSPS) is 13.7. The number of halogens is 1. The highest BCUT2D eigenvalue weighted by Gasteiger charge is 2.16. The Bertz CT molecular complexity index is 445. The van der Waals surface area contributed by atoms with Gasteiger partial charge in [0.1, 0.15) is 5.82 Å². The van der Waals surface area contributed by atoms with E-state index in [-0.39, 0.29) is 5.75 Å². The topological polar surface area (TPSA) is 46.2 Å². The van der Waals surface area contributed by atoms with E-state index >= 15 is 0 Å². The van der Waals surface area contributed by atoms with Crippen LogP contribution >= 0.6 is 0 Å². The molecule has 0 fully saturated rings. The first-order chi connectivity index (χ1) is 7.46. The molecule has 1 unspecified atom stereocenters. The third-order valence-electron chi connectivity index (χ3n) is 2.20. The standard InChI is InChI=1S/C11H16FNO2S/c1-3-8-16(14,15)13-9(2)10-6-4-5-7-11(10)12/h4-7,9,13H,3,8H2,1-2H3. The van der Waals surface area contributed by atoms with Crippen LogP contribution in [0.25, 0.3) is 0 Å². The van der Waals surface area contributed by atoms with Gasteiger partial charge in [0.2, 0.25) is 10.0 Å². The molecule has 0 saturated heterocycles. The monoisotopic (exact) mass is 245 g/mol. The first-order valence-corrected chi connectivity index (χ1v) is 6.86. The van der Waals surface area contributed by atoms with Crippen molar-refractivity contribution in [3.8, 4) is 0 Å². The lowest BCUT2D eigenvalue weighted by atomic mass is 10.1. The minimum Gasteiger partial charge on any atom is -0.212 e. The van der Waals surface area contributed by atoms with Crippen LogP contribution in [-0.4, -0.2) is 14.2 Å². The van der Waals surface area contributed by atoms with Crippen LogP contribution in [0.1, 0.15) is 31.9 Å². The smallest absolute Gasteiger partial charge is 0.212 e. The van der Waals surface area contributed by atoms with Crippen molar-refractivity contribution < 1.29 is 12.8 Å². The summed E-state index contributed by atoms with van der Waals surface area (Å²) < 4.78 is 38.8. The predicted molar refractivity (Wildman–Crippen MR) is 62.0 cm³/mol. The molecule has 1 atom stereocenters. The summed E-state index contributed by atoms with van der Waals surface area (Å²) in [6.07, 6.45) is 0.541. The SMILES string of the molecule is CCCS(=O)(=O)NC(C)c1ccccc1F. The molecular weight excluding hydrogens is 229 g/mol. The number of rotatable bonds is 5. The van der Waals surface area contributed by atoms with Crippen molar-refractivity contribution in [3.63, 3.8) is 0 Å². The minimum atomic E-state index is -3.31. The van der Waals surface area contributed by atoms with Gasteiger partial charge in [-0.3, -0.25) is 0 Å². The Morgan fingerprint density at radius 1 is 1.38 bits per heavy atom. The summed E-state index contributed by atoms with van der Waals surface area (Å²) in [7, 11) is -3.31. The molecule has 1 aromatic rings. The van der Waals surface area contributed by atoms with E-state index in [0.29, 0.717) is 12.0 Å². The van der Waals surface area contributed by atoms with Crippen molar-refractivity contribution in [2.45, 2.75) is 26.3 Å². The molecule has 0 aromatic heterocycles. The van der Waals surface area contributed by atoms with Gasteiger partial charge in [0, 0.05) is 11.6 Å². The van der Waals surface area contributed by atoms with Crippen molar-refractivity contribution >= 4 is 10.0 Å². The lowest BCUT2D eigenvalue weighted by molar-refractivity contribution is 0.549. The van der Waals surface area contributed by atoms with Crippen molar-refractivity contribution in [1.82, 2.24) is 4.72 Å². The highest BCUT2D eigenvalue weighted by atomic mass is 32.2. The molecule has 1 rings (SSSR count). The molecule has 16 heavy (non-hydrogen) atoms. The maximum atomic E-state index is 13.4. The van der Waals surface area contributed by atoms with Crippen molar-refractivity contribution in [2.24, 2.45) is 0 Å². The second-order valence-electron chi connectivity index (χ2n) is 3.68. The summed E-state index contributed by atoms with van der Waals surface area (Å²) >= 11 is 0. The Morgan fingerprint density at radius 3 is 2.56 bits per heavy atom. The van der Waals surface area contributed by atoms with Crippen LogP contribution in [-0.2, 0) is 10.0 Å². The summed E-state index contributed by atoms with van der Waals surface area (Å²) in [5, 5.41) is 0. The Hall–Kier alpha value is -0.940. The molecule has 0 spiro atoms. The van der Waals surface area contributed by atoms with Gasteiger partial charge in [-0.2, -0.15) is 0 Å². The maximum absolute atomic E-state index is 13.4. The Labute approximate surface area is 95.7 Å². The van der Waals surface area contributed by atoms with E-state index in [9.17, 15) is 12.8 Å². The molecule has 90 valence electrons. The molecular formula is C11H16FNO2S. The third kappa shape index (κ3) is 3.57. The van der Waals surface area contributed by atoms with E-state index in [1.54, 1.807) is 32.0 Å². The molecule has 0 amide bonds. The van der Waals surface area contributed by atoms with E-state index in [0.717, 1.165) is 0 Å². The summed E-state index contributed by atoms with van der Waals surface area (Å²) in [6.45, 7) is 3.42. The Balaban J connectivity index is 2.81. The average Bonchev–Trinajstić information content (AvgIpc) is 2.17. The Kier molecular flexibility index (Phi) is 4.44. The van der Waals surface area contributed by atoms with Gasteiger partial charge in [-0.15, -0.1) is 0 Å². The van der Waals surface area contributed by atoms with E-state index < -0.39 is 21.9 Å². The summed E-state index contributed by atoms with van der Waals surface area (Å²) in [5.74, 6) is -0.333. The molecule has 0 aliphatic rings. The van der Waals surface area contributed by atoms with Gasteiger partial charge in [0.15, 0.2) is 0 Å². The number of hydrogen-bond donors (Lipinski definition) is 1. The zero-order chi connectivity index (χ0) is 12.2. The van der Waals surface area contributed by atoms with Crippen molar-refractivity contribution in [3.05, 3.63) is 35.6 Å². The number of sulfonamides is 1. The molecule has 5 heteroatoms. The van der Waals surface area contributed by atoms with Crippen LogP contribution in [0.4, 0.5) is 4.39 Å². The van der Waals surface area contributed by atoms with Crippen LogP contribution in [0, 0.1) is 5.82 Å². The van der Waals surface area contributed by atoms with E-state index in [4.69, 9.17) is 0 Å². The summed E-state index contributed by atoms with van der Waals surface area (Å²) in [5.41, 5.74) is 0.363. The molecule has 0 aliphatic heterocycles. The van der Waals surface area contributed by atoms with E-state index in [1.807, 2.05) is 0 Å². The Morgan fingerprint density at radius 2 is 2.00 bits per heavy atom. The van der Waals surface area contributed by atoms with Crippen LogP contribution in [0.15, 0.2) is 24.3 Å². The van der Waals surface area contributed by atoms with Gasteiger partial charge in [-0.05, 0) is 19.4 Å². The molecule has 1 aromatic carbocycles. The average molecular weight is 245 g/mol. The van der Waals surface area contributed by atoms with Crippen LogP contribution in [0.5, 0.6) is 0 Å². The van der Waals surface area contributed by atoms with Crippen LogP contribution in [0.3, 0.4) is 0 Å². The summed E-state index contributed by atoms with van der Waals surface area (Å²) in [4.78, 5) is 0. The zero-order valence-electron chi connectivity index (χ0n) is 9.40. The van der Waals surface area contributed by atoms with Crippen LogP contribution in [0.2, 0.25) is 0 Å². The maximum Gasteiger partial charge on any atom is 0.212 e. The second kappa shape index (κ2) is 5.41. The third-order valence-corrected chi connectivity index (χ3v) is 3.86. The number of benzene rings is 1. The van der Waals surface area contributed by atoms with Gasteiger partial charge in [-0.1, -0.05) is 25.1 Å². The number of hydrogen-bond acceptors (Lipinski definition) is 2. The second-order valence-corrected chi connectivity index (χ2v) is 5.55. The molecule has 0 radical (unpaired) electrons.